The summed E-state index contributed by atoms with van der Waals surface area (Å²) in [4.78, 5) is 12.0. The molecule has 1 aliphatic rings. The summed E-state index contributed by atoms with van der Waals surface area (Å²) in [5.41, 5.74) is 0.875. The van der Waals surface area contributed by atoms with Gasteiger partial charge >= 0.3 is 0 Å². The van der Waals surface area contributed by atoms with Crippen LogP contribution >= 0.6 is 0 Å². The standard InChI is InChI=1S/C15H21NO2/c1-15(2)9-5-8-13(15)16-14(18)10-11-6-3-4-7-12(11)17/h3-4,6-7,13,17H,5,8-10H2,1-2H3,(H,16,18). The first-order valence-corrected chi connectivity index (χ1v) is 6.55. The second-order valence-corrected chi connectivity index (χ2v) is 5.81. The van der Waals surface area contributed by atoms with Gasteiger partial charge in [0.05, 0.1) is 6.42 Å². The van der Waals surface area contributed by atoms with Crippen molar-refractivity contribution in [1.29, 1.82) is 0 Å². The normalized spacial score (nSPS) is 21.8. The van der Waals surface area contributed by atoms with Crippen molar-refractivity contribution in [2.75, 3.05) is 0 Å². The Morgan fingerprint density at radius 2 is 2.17 bits per heavy atom. The van der Waals surface area contributed by atoms with Crippen molar-refractivity contribution in [3.8, 4) is 5.75 Å². The second-order valence-electron chi connectivity index (χ2n) is 5.81. The molecule has 0 heterocycles. The van der Waals surface area contributed by atoms with E-state index < -0.39 is 0 Å². The van der Waals surface area contributed by atoms with Gasteiger partial charge in [-0.1, -0.05) is 38.5 Å². The first kappa shape index (κ1) is 12.9. The largest absolute Gasteiger partial charge is 0.508 e. The molecular weight excluding hydrogens is 226 g/mol. The average Bonchev–Trinajstić information content (AvgIpc) is 2.62. The molecule has 1 fully saturated rings. The van der Waals surface area contributed by atoms with E-state index in [-0.39, 0.29) is 29.5 Å². The van der Waals surface area contributed by atoms with Crippen LogP contribution in [-0.2, 0) is 11.2 Å². The molecular formula is C15H21NO2. The highest BCUT2D eigenvalue weighted by molar-refractivity contribution is 5.79. The van der Waals surface area contributed by atoms with Gasteiger partial charge in [0.15, 0.2) is 0 Å². The molecule has 0 aromatic heterocycles. The van der Waals surface area contributed by atoms with Gasteiger partial charge in [-0.25, -0.2) is 0 Å². The number of phenolic OH excluding ortho intramolecular Hbond substituents is 1. The van der Waals surface area contributed by atoms with E-state index in [1.165, 1.54) is 6.42 Å². The van der Waals surface area contributed by atoms with Crippen LogP contribution in [0.2, 0.25) is 0 Å². The number of rotatable bonds is 3. The Kier molecular flexibility index (Phi) is 3.60. The summed E-state index contributed by atoms with van der Waals surface area (Å²) < 4.78 is 0. The number of hydrogen-bond acceptors (Lipinski definition) is 2. The predicted molar refractivity (Wildman–Crippen MR) is 71.4 cm³/mol. The van der Waals surface area contributed by atoms with Crippen LogP contribution in [-0.4, -0.2) is 17.1 Å². The monoisotopic (exact) mass is 247 g/mol. The molecule has 2 N–H and O–H groups in total. The van der Waals surface area contributed by atoms with E-state index in [2.05, 4.69) is 19.2 Å². The van der Waals surface area contributed by atoms with Crippen molar-refractivity contribution >= 4 is 5.91 Å². The SMILES string of the molecule is CC1(C)CCCC1NC(=O)Cc1ccccc1O. The summed E-state index contributed by atoms with van der Waals surface area (Å²) in [6.45, 7) is 4.40. The van der Waals surface area contributed by atoms with Crippen molar-refractivity contribution in [2.45, 2.75) is 45.6 Å². The molecule has 18 heavy (non-hydrogen) atoms. The highest BCUT2D eigenvalue weighted by Gasteiger charge is 2.35. The minimum Gasteiger partial charge on any atom is -0.508 e. The van der Waals surface area contributed by atoms with E-state index in [4.69, 9.17) is 0 Å². The zero-order valence-corrected chi connectivity index (χ0v) is 11.1. The zero-order valence-electron chi connectivity index (χ0n) is 11.1. The molecule has 1 amide bonds. The van der Waals surface area contributed by atoms with Gasteiger partial charge in [-0.05, 0) is 24.3 Å². The van der Waals surface area contributed by atoms with Crippen molar-refractivity contribution in [3.63, 3.8) is 0 Å². The predicted octanol–water partition coefficient (Wildman–Crippen LogP) is 2.63. The number of carbonyl (C=O) groups is 1. The fourth-order valence-corrected chi connectivity index (χ4v) is 2.67. The van der Waals surface area contributed by atoms with Crippen LogP contribution < -0.4 is 5.32 Å². The number of hydrogen-bond donors (Lipinski definition) is 2. The Bertz CT molecular complexity index is 440. The van der Waals surface area contributed by atoms with Gasteiger partial charge < -0.3 is 10.4 Å². The van der Waals surface area contributed by atoms with Crippen LogP contribution in [0.25, 0.3) is 0 Å². The van der Waals surface area contributed by atoms with Gasteiger partial charge in [-0.3, -0.25) is 4.79 Å². The molecule has 1 aromatic rings. The molecule has 1 aromatic carbocycles. The number of benzene rings is 1. The summed E-state index contributed by atoms with van der Waals surface area (Å²) in [5.74, 6) is 0.190. The molecule has 1 unspecified atom stereocenters. The quantitative estimate of drug-likeness (QED) is 0.862. The van der Waals surface area contributed by atoms with E-state index in [9.17, 15) is 9.90 Å². The third-order valence-electron chi connectivity index (χ3n) is 3.94. The van der Waals surface area contributed by atoms with E-state index in [1.54, 1.807) is 18.2 Å². The highest BCUT2D eigenvalue weighted by Crippen LogP contribution is 2.37. The lowest BCUT2D eigenvalue weighted by Gasteiger charge is -2.27. The Balaban J connectivity index is 1.95. The van der Waals surface area contributed by atoms with Gasteiger partial charge in [-0.2, -0.15) is 0 Å². The molecule has 1 aliphatic carbocycles. The molecule has 1 saturated carbocycles. The molecule has 0 bridgehead atoms. The van der Waals surface area contributed by atoms with Crippen LogP contribution in [0.3, 0.4) is 0 Å². The smallest absolute Gasteiger partial charge is 0.224 e. The third-order valence-corrected chi connectivity index (χ3v) is 3.94. The minimum absolute atomic E-state index is 0.00326. The van der Waals surface area contributed by atoms with Crippen LogP contribution in [0, 0.1) is 5.41 Å². The maximum Gasteiger partial charge on any atom is 0.224 e. The first-order chi connectivity index (χ1) is 8.49. The fourth-order valence-electron chi connectivity index (χ4n) is 2.67. The number of amides is 1. The van der Waals surface area contributed by atoms with E-state index in [1.807, 2.05) is 6.07 Å². The fraction of sp³-hybridized carbons (Fsp3) is 0.533. The van der Waals surface area contributed by atoms with Gasteiger partial charge in [0.2, 0.25) is 5.91 Å². The maximum atomic E-state index is 12.0. The van der Waals surface area contributed by atoms with Crippen molar-refractivity contribution in [1.82, 2.24) is 5.32 Å². The Labute approximate surface area is 108 Å². The Hall–Kier alpha value is -1.51. The zero-order chi connectivity index (χ0) is 13.2. The topological polar surface area (TPSA) is 49.3 Å². The van der Waals surface area contributed by atoms with Crippen molar-refractivity contribution < 1.29 is 9.90 Å². The van der Waals surface area contributed by atoms with Crippen LogP contribution in [0.1, 0.15) is 38.7 Å². The summed E-state index contributed by atoms with van der Waals surface area (Å²) >= 11 is 0. The molecule has 0 aliphatic heterocycles. The number of para-hydroxylation sites is 1. The number of phenols is 1. The van der Waals surface area contributed by atoms with Crippen molar-refractivity contribution in [3.05, 3.63) is 29.8 Å². The maximum absolute atomic E-state index is 12.0. The minimum atomic E-state index is -0.00326. The molecule has 0 radical (unpaired) electrons. The summed E-state index contributed by atoms with van der Waals surface area (Å²) in [5, 5.41) is 12.7. The van der Waals surface area contributed by atoms with Crippen molar-refractivity contribution in [2.24, 2.45) is 5.41 Å². The van der Waals surface area contributed by atoms with E-state index in [0.717, 1.165) is 12.8 Å². The molecule has 0 spiro atoms. The third kappa shape index (κ3) is 2.84. The van der Waals surface area contributed by atoms with Crippen LogP contribution in [0.4, 0.5) is 0 Å². The lowest BCUT2D eigenvalue weighted by molar-refractivity contribution is -0.121. The molecule has 3 nitrogen and oxygen atoms in total. The molecule has 0 saturated heterocycles. The van der Waals surface area contributed by atoms with Crippen LogP contribution in [0.15, 0.2) is 24.3 Å². The first-order valence-electron chi connectivity index (χ1n) is 6.55. The summed E-state index contributed by atoms with van der Waals surface area (Å²) in [6, 6.07) is 7.26. The second kappa shape index (κ2) is 5.01. The molecule has 2 rings (SSSR count). The Morgan fingerprint density at radius 1 is 1.44 bits per heavy atom. The lowest BCUT2D eigenvalue weighted by Crippen LogP contribution is -2.42. The lowest BCUT2D eigenvalue weighted by atomic mass is 9.87. The van der Waals surface area contributed by atoms with Gasteiger partial charge in [-0.15, -0.1) is 0 Å². The van der Waals surface area contributed by atoms with E-state index >= 15 is 0 Å². The number of aromatic hydroxyl groups is 1. The summed E-state index contributed by atoms with van der Waals surface area (Å²) in [7, 11) is 0. The molecule has 1 atom stereocenters. The van der Waals surface area contributed by atoms with Gasteiger partial charge in [0, 0.05) is 11.6 Å². The van der Waals surface area contributed by atoms with Gasteiger partial charge in [0.25, 0.3) is 0 Å². The number of nitrogens with one attached hydrogen (secondary N) is 1. The highest BCUT2D eigenvalue weighted by atomic mass is 16.3. The van der Waals surface area contributed by atoms with Crippen LogP contribution in [0.5, 0.6) is 5.75 Å². The van der Waals surface area contributed by atoms with Gasteiger partial charge in [0.1, 0.15) is 5.75 Å². The Morgan fingerprint density at radius 3 is 2.78 bits per heavy atom. The summed E-state index contributed by atoms with van der Waals surface area (Å²) in [6.07, 6.45) is 3.64. The molecule has 98 valence electrons. The molecule has 3 heteroatoms. The average molecular weight is 247 g/mol. The number of carbonyl (C=O) groups excluding carboxylic acids is 1. The van der Waals surface area contributed by atoms with E-state index in [0.29, 0.717) is 5.56 Å².